The Bertz CT molecular complexity index is 1170. The van der Waals surface area contributed by atoms with E-state index in [1.807, 2.05) is 13.0 Å². The number of hydrogen-bond acceptors (Lipinski definition) is 5. The van der Waals surface area contributed by atoms with Crippen molar-refractivity contribution in [3.8, 4) is 23.3 Å². The van der Waals surface area contributed by atoms with E-state index >= 15 is 0 Å². The number of carbonyl (C=O) groups is 1. The van der Waals surface area contributed by atoms with Crippen LogP contribution in [0.5, 0.6) is 17.2 Å². The van der Waals surface area contributed by atoms with Gasteiger partial charge >= 0.3 is 0 Å². The molecule has 0 aliphatic rings. The minimum Gasteiger partial charge on any atom is -0.497 e. The van der Waals surface area contributed by atoms with Gasteiger partial charge in [0.1, 0.15) is 29.8 Å². The molecule has 0 aromatic heterocycles. The van der Waals surface area contributed by atoms with E-state index < -0.39 is 5.91 Å². The number of nitrogens with one attached hydrogen (secondary N) is 1. The van der Waals surface area contributed by atoms with Crippen molar-refractivity contribution in [3.05, 3.63) is 89.2 Å². The van der Waals surface area contributed by atoms with Gasteiger partial charge in [-0.15, -0.1) is 0 Å². The zero-order chi connectivity index (χ0) is 23.6. The molecule has 0 saturated heterocycles. The summed E-state index contributed by atoms with van der Waals surface area (Å²) in [4.78, 5) is 12.5. The lowest BCUT2D eigenvalue weighted by molar-refractivity contribution is -0.112. The van der Waals surface area contributed by atoms with Crippen molar-refractivity contribution in [2.24, 2.45) is 0 Å². The molecule has 0 fully saturated rings. The Morgan fingerprint density at radius 1 is 1.03 bits per heavy atom. The van der Waals surface area contributed by atoms with Crippen LogP contribution in [0.2, 0.25) is 0 Å². The van der Waals surface area contributed by atoms with E-state index in [9.17, 15) is 14.4 Å². The van der Waals surface area contributed by atoms with E-state index in [4.69, 9.17) is 14.2 Å². The molecule has 0 spiro atoms. The van der Waals surface area contributed by atoms with Crippen LogP contribution in [-0.4, -0.2) is 19.6 Å². The molecular formula is C26H23FN2O4. The Kier molecular flexibility index (Phi) is 8.03. The number of methoxy groups -OCH3 is 1. The molecule has 3 rings (SSSR count). The molecular weight excluding hydrogens is 423 g/mol. The SMILES string of the molecule is CCOc1cc(/C=C(\C#N)C(=O)Nc2ccc(OC)cc2)ccc1OCc1ccc(F)cc1. The Morgan fingerprint density at radius 2 is 1.76 bits per heavy atom. The normalized spacial score (nSPS) is 10.8. The number of nitrogens with zero attached hydrogens (tertiary/aromatic N) is 1. The first-order valence-electron chi connectivity index (χ1n) is 10.2. The highest BCUT2D eigenvalue weighted by Gasteiger charge is 2.12. The average molecular weight is 446 g/mol. The maximum absolute atomic E-state index is 13.1. The van der Waals surface area contributed by atoms with Crippen LogP contribution in [-0.2, 0) is 11.4 Å². The van der Waals surface area contributed by atoms with E-state index in [1.54, 1.807) is 61.7 Å². The molecule has 0 radical (unpaired) electrons. The van der Waals surface area contributed by atoms with E-state index in [2.05, 4.69) is 5.32 Å². The monoisotopic (exact) mass is 446 g/mol. The van der Waals surface area contributed by atoms with Crippen LogP contribution in [0.25, 0.3) is 6.08 Å². The number of nitriles is 1. The topological polar surface area (TPSA) is 80.6 Å². The average Bonchev–Trinajstić information content (AvgIpc) is 2.83. The summed E-state index contributed by atoms with van der Waals surface area (Å²) in [5.74, 6) is 0.793. The molecule has 33 heavy (non-hydrogen) atoms. The molecule has 7 heteroatoms. The fraction of sp³-hybridized carbons (Fsp3) is 0.154. The second kappa shape index (κ2) is 11.3. The summed E-state index contributed by atoms with van der Waals surface area (Å²) < 4.78 is 29.7. The minimum absolute atomic E-state index is 0.0618. The van der Waals surface area contributed by atoms with Gasteiger partial charge in [0.2, 0.25) is 0 Å². The summed E-state index contributed by atoms with van der Waals surface area (Å²) in [5.41, 5.74) is 1.90. The number of carbonyl (C=O) groups excluding carboxylic acids is 1. The highest BCUT2D eigenvalue weighted by molar-refractivity contribution is 6.09. The number of anilines is 1. The van der Waals surface area contributed by atoms with Crippen molar-refractivity contribution in [1.82, 2.24) is 0 Å². The molecule has 0 unspecified atom stereocenters. The number of ether oxygens (including phenoxy) is 3. The number of benzene rings is 3. The lowest BCUT2D eigenvalue weighted by Gasteiger charge is -2.13. The fourth-order valence-corrected chi connectivity index (χ4v) is 2.93. The standard InChI is InChI=1S/C26H23FN2O4/c1-3-32-25-15-19(6-13-24(25)33-17-18-4-7-21(27)8-5-18)14-20(16-28)26(30)29-22-9-11-23(31-2)12-10-22/h4-15H,3,17H2,1-2H3,(H,29,30)/b20-14+. The van der Waals surface area contributed by atoms with Crippen LogP contribution in [0.1, 0.15) is 18.1 Å². The molecule has 0 saturated carbocycles. The van der Waals surface area contributed by atoms with Crippen LogP contribution in [0.3, 0.4) is 0 Å². The van der Waals surface area contributed by atoms with Crippen LogP contribution >= 0.6 is 0 Å². The van der Waals surface area contributed by atoms with Crippen molar-refractivity contribution in [3.63, 3.8) is 0 Å². The highest BCUT2D eigenvalue weighted by atomic mass is 19.1. The van der Waals surface area contributed by atoms with Crippen LogP contribution in [0.4, 0.5) is 10.1 Å². The maximum Gasteiger partial charge on any atom is 0.266 e. The summed E-state index contributed by atoms with van der Waals surface area (Å²) >= 11 is 0. The van der Waals surface area contributed by atoms with Gasteiger partial charge in [-0.2, -0.15) is 5.26 Å². The second-order valence-electron chi connectivity index (χ2n) is 6.91. The van der Waals surface area contributed by atoms with Gasteiger partial charge in [0.05, 0.1) is 13.7 Å². The molecule has 0 aliphatic carbocycles. The predicted octanol–water partition coefficient (Wildman–Crippen LogP) is 5.36. The third-order valence-electron chi connectivity index (χ3n) is 4.60. The molecule has 0 aliphatic heterocycles. The van der Waals surface area contributed by atoms with Gasteiger partial charge in [0.15, 0.2) is 11.5 Å². The number of hydrogen-bond donors (Lipinski definition) is 1. The lowest BCUT2D eigenvalue weighted by atomic mass is 10.1. The van der Waals surface area contributed by atoms with E-state index in [0.717, 1.165) is 5.56 Å². The maximum atomic E-state index is 13.1. The molecule has 3 aromatic carbocycles. The lowest BCUT2D eigenvalue weighted by Crippen LogP contribution is -2.13. The Labute approximate surface area is 191 Å². The van der Waals surface area contributed by atoms with Crippen molar-refractivity contribution < 1.29 is 23.4 Å². The van der Waals surface area contributed by atoms with Crippen molar-refractivity contribution in [2.45, 2.75) is 13.5 Å². The Balaban J connectivity index is 1.75. The van der Waals surface area contributed by atoms with E-state index in [-0.39, 0.29) is 18.0 Å². The van der Waals surface area contributed by atoms with E-state index in [0.29, 0.717) is 35.1 Å². The summed E-state index contributed by atoms with van der Waals surface area (Å²) in [6.07, 6.45) is 1.48. The summed E-state index contributed by atoms with van der Waals surface area (Å²) in [6.45, 7) is 2.49. The third-order valence-corrected chi connectivity index (χ3v) is 4.60. The van der Waals surface area contributed by atoms with Crippen molar-refractivity contribution >= 4 is 17.7 Å². The largest absolute Gasteiger partial charge is 0.497 e. The number of rotatable bonds is 9. The molecule has 1 N–H and O–H groups in total. The second-order valence-corrected chi connectivity index (χ2v) is 6.91. The number of halogens is 1. The molecule has 3 aromatic rings. The molecule has 0 heterocycles. The third kappa shape index (κ3) is 6.58. The van der Waals surface area contributed by atoms with Gasteiger partial charge in [-0.05, 0) is 72.7 Å². The van der Waals surface area contributed by atoms with E-state index in [1.165, 1.54) is 18.2 Å². The first-order chi connectivity index (χ1) is 16.0. The Hall–Kier alpha value is -4.31. The smallest absolute Gasteiger partial charge is 0.266 e. The zero-order valence-corrected chi connectivity index (χ0v) is 18.3. The first kappa shape index (κ1) is 23.4. The fourth-order valence-electron chi connectivity index (χ4n) is 2.93. The predicted molar refractivity (Wildman–Crippen MR) is 124 cm³/mol. The first-order valence-corrected chi connectivity index (χ1v) is 10.2. The summed E-state index contributed by atoms with van der Waals surface area (Å²) in [5, 5.41) is 12.2. The van der Waals surface area contributed by atoms with Crippen LogP contribution < -0.4 is 19.5 Å². The van der Waals surface area contributed by atoms with Crippen LogP contribution in [0, 0.1) is 17.1 Å². The highest BCUT2D eigenvalue weighted by Crippen LogP contribution is 2.30. The van der Waals surface area contributed by atoms with Gasteiger partial charge < -0.3 is 19.5 Å². The minimum atomic E-state index is -0.530. The Morgan fingerprint density at radius 3 is 2.39 bits per heavy atom. The molecule has 0 atom stereocenters. The molecule has 0 bridgehead atoms. The van der Waals surface area contributed by atoms with Gasteiger partial charge in [-0.3, -0.25) is 4.79 Å². The molecule has 168 valence electrons. The van der Waals surface area contributed by atoms with Gasteiger partial charge in [-0.25, -0.2) is 4.39 Å². The van der Waals surface area contributed by atoms with Gasteiger partial charge in [0.25, 0.3) is 5.91 Å². The summed E-state index contributed by atoms with van der Waals surface area (Å²) in [6, 6.07) is 19.9. The van der Waals surface area contributed by atoms with Gasteiger partial charge in [-0.1, -0.05) is 18.2 Å². The number of amides is 1. The molecule has 1 amide bonds. The van der Waals surface area contributed by atoms with Crippen molar-refractivity contribution in [2.75, 3.05) is 19.0 Å². The molecule has 6 nitrogen and oxygen atoms in total. The van der Waals surface area contributed by atoms with Crippen molar-refractivity contribution in [1.29, 1.82) is 5.26 Å². The zero-order valence-electron chi connectivity index (χ0n) is 18.3. The van der Waals surface area contributed by atoms with Crippen LogP contribution in [0.15, 0.2) is 72.3 Å². The van der Waals surface area contributed by atoms with Gasteiger partial charge in [0, 0.05) is 5.69 Å². The quantitative estimate of drug-likeness (QED) is 0.354. The summed E-state index contributed by atoms with van der Waals surface area (Å²) in [7, 11) is 1.56.